The highest BCUT2D eigenvalue weighted by atomic mass is 16.5. The summed E-state index contributed by atoms with van der Waals surface area (Å²) in [6.45, 7) is 8.79. The number of ether oxygens (including phenoxy) is 1. The lowest BCUT2D eigenvalue weighted by molar-refractivity contribution is 0.263. The van der Waals surface area contributed by atoms with E-state index in [1.807, 2.05) is 12.1 Å². The first-order valence-electron chi connectivity index (χ1n) is 6.52. The summed E-state index contributed by atoms with van der Waals surface area (Å²) in [6.07, 6.45) is 0. The molecule has 1 aliphatic rings. The Labute approximate surface area is 108 Å². The fourth-order valence-corrected chi connectivity index (χ4v) is 1.87. The maximum atomic E-state index is 5.89. The summed E-state index contributed by atoms with van der Waals surface area (Å²) in [6, 6.07) is 3.84. The van der Waals surface area contributed by atoms with E-state index in [9.17, 15) is 0 Å². The van der Waals surface area contributed by atoms with Gasteiger partial charge < -0.3 is 20.7 Å². The normalized spacial score (nSPS) is 16.1. The van der Waals surface area contributed by atoms with Crippen molar-refractivity contribution in [3.05, 3.63) is 12.1 Å². The van der Waals surface area contributed by atoms with Crippen LogP contribution in [0.3, 0.4) is 0 Å². The maximum absolute atomic E-state index is 5.89. The van der Waals surface area contributed by atoms with Gasteiger partial charge in [-0.25, -0.2) is 0 Å². The van der Waals surface area contributed by atoms with Gasteiger partial charge in [-0.15, -0.1) is 0 Å². The van der Waals surface area contributed by atoms with E-state index in [-0.39, 0.29) is 0 Å². The van der Waals surface area contributed by atoms with E-state index < -0.39 is 0 Å². The molecule has 1 aromatic heterocycles. The van der Waals surface area contributed by atoms with Gasteiger partial charge in [0.05, 0.1) is 12.3 Å². The molecule has 0 bridgehead atoms. The first kappa shape index (κ1) is 13.0. The Morgan fingerprint density at radius 2 is 2.11 bits per heavy atom. The van der Waals surface area contributed by atoms with E-state index >= 15 is 0 Å². The van der Waals surface area contributed by atoms with Gasteiger partial charge in [-0.05, 0) is 18.1 Å². The average molecular weight is 250 g/mol. The lowest BCUT2D eigenvalue weighted by atomic mass is 10.2. The molecule has 100 valence electrons. The van der Waals surface area contributed by atoms with E-state index in [4.69, 9.17) is 10.5 Å². The average Bonchev–Trinajstić information content (AvgIpc) is 2.38. The van der Waals surface area contributed by atoms with E-state index in [2.05, 4.69) is 29.0 Å². The van der Waals surface area contributed by atoms with E-state index in [0.717, 1.165) is 32.0 Å². The quantitative estimate of drug-likeness (QED) is 0.838. The molecular weight excluding hydrogens is 228 g/mol. The predicted molar refractivity (Wildman–Crippen MR) is 74.1 cm³/mol. The van der Waals surface area contributed by atoms with Crippen molar-refractivity contribution < 1.29 is 4.74 Å². The molecule has 1 fully saturated rings. The Kier molecular flexibility index (Phi) is 4.25. The second-order valence-corrected chi connectivity index (χ2v) is 5.01. The van der Waals surface area contributed by atoms with Crippen molar-refractivity contribution in [3.8, 4) is 5.88 Å². The maximum Gasteiger partial charge on any atom is 0.239 e. The van der Waals surface area contributed by atoms with Crippen molar-refractivity contribution in [1.82, 2.24) is 10.3 Å². The largest absolute Gasteiger partial charge is 0.476 e. The van der Waals surface area contributed by atoms with Gasteiger partial charge >= 0.3 is 0 Å². The number of nitrogen functional groups attached to an aromatic ring is 1. The number of aromatic nitrogens is 1. The minimum Gasteiger partial charge on any atom is -0.476 e. The van der Waals surface area contributed by atoms with Crippen LogP contribution in [0.5, 0.6) is 5.88 Å². The zero-order valence-corrected chi connectivity index (χ0v) is 11.1. The number of nitrogens with one attached hydrogen (secondary N) is 1. The molecule has 0 amide bonds. The Morgan fingerprint density at radius 1 is 1.39 bits per heavy atom. The SMILES string of the molecule is CC(C)COc1nc(N2CCNCC2)ccc1N. The molecule has 0 aromatic carbocycles. The molecule has 1 saturated heterocycles. The number of hydrogen-bond donors (Lipinski definition) is 2. The smallest absolute Gasteiger partial charge is 0.239 e. The van der Waals surface area contributed by atoms with E-state index in [1.54, 1.807) is 0 Å². The molecule has 1 aliphatic heterocycles. The van der Waals surface area contributed by atoms with Crippen molar-refractivity contribution in [2.24, 2.45) is 5.92 Å². The van der Waals surface area contributed by atoms with Crippen molar-refractivity contribution in [2.45, 2.75) is 13.8 Å². The Morgan fingerprint density at radius 3 is 2.78 bits per heavy atom. The molecule has 5 heteroatoms. The van der Waals surface area contributed by atoms with E-state index in [1.165, 1.54) is 0 Å². The predicted octanol–water partition coefficient (Wildman–Crippen LogP) is 1.11. The minimum atomic E-state index is 0.467. The third-order valence-electron chi connectivity index (χ3n) is 2.87. The van der Waals surface area contributed by atoms with Gasteiger partial charge in [-0.3, -0.25) is 0 Å². The van der Waals surface area contributed by atoms with Crippen molar-refractivity contribution in [3.63, 3.8) is 0 Å². The monoisotopic (exact) mass is 250 g/mol. The number of hydrogen-bond acceptors (Lipinski definition) is 5. The summed E-state index contributed by atoms with van der Waals surface area (Å²) in [4.78, 5) is 6.77. The first-order chi connectivity index (χ1) is 8.66. The van der Waals surface area contributed by atoms with Crippen LogP contribution >= 0.6 is 0 Å². The number of rotatable bonds is 4. The molecule has 0 aliphatic carbocycles. The van der Waals surface area contributed by atoms with Crippen LogP contribution in [0.25, 0.3) is 0 Å². The van der Waals surface area contributed by atoms with Crippen molar-refractivity contribution >= 4 is 11.5 Å². The van der Waals surface area contributed by atoms with Crippen LogP contribution in [-0.2, 0) is 0 Å². The van der Waals surface area contributed by atoms with Gasteiger partial charge in [0.15, 0.2) is 0 Å². The number of piperazine rings is 1. The number of nitrogens with zero attached hydrogens (tertiary/aromatic N) is 2. The summed E-state index contributed by atoms with van der Waals surface area (Å²) in [5.74, 6) is 1.97. The van der Waals surface area contributed by atoms with Gasteiger partial charge in [0.25, 0.3) is 0 Å². The van der Waals surface area contributed by atoms with Gasteiger partial charge in [-0.2, -0.15) is 4.98 Å². The second kappa shape index (κ2) is 5.91. The fourth-order valence-electron chi connectivity index (χ4n) is 1.87. The van der Waals surface area contributed by atoms with Gasteiger partial charge in [-0.1, -0.05) is 13.8 Å². The molecule has 1 aromatic rings. The highest BCUT2D eigenvalue weighted by Gasteiger charge is 2.13. The molecule has 0 unspecified atom stereocenters. The zero-order valence-electron chi connectivity index (χ0n) is 11.1. The second-order valence-electron chi connectivity index (χ2n) is 5.01. The van der Waals surface area contributed by atoms with Crippen LogP contribution in [0.2, 0.25) is 0 Å². The molecule has 3 N–H and O–H groups in total. The lowest BCUT2D eigenvalue weighted by Crippen LogP contribution is -2.43. The lowest BCUT2D eigenvalue weighted by Gasteiger charge is -2.28. The minimum absolute atomic E-state index is 0.467. The molecule has 2 heterocycles. The van der Waals surface area contributed by atoms with Crippen molar-refractivity contribution in [2.75, 3.05) is 43.4 Å². The van der Waals surface area contributed by atoms with Crippen LogP contribution < -0.4 is 20.7 Å². The molecule has 5 nitrogen and oxygen atoms in total. The zero-order chi connectivity index (χ0) is 13.0. The summed E-state index contributed by atoms with van der Waals surface area (Å²) in [5.41, 5.74) is 6.49. The number of nitrogens with two attached hydrogens (primary N) is 1. The Balaban J connectivity index is 2.09. The third kappa shape index (κ3) is 3.26. The molecule has 0 saturated carbocycles. The Hall–Kier alpha value is -1.49. The molecule has 2 rings (SSSR count). The van der Waals surface area contributed by atoms with Gasteiger partial charge in [0, 0.05) is 26.2 Å². The molecule has 0 atom stereocenters. The van der Waals surface area contributed by atoms with Gasteiger partial charge in [0.2, 0.25) is 5.88 Å². The first-order valence-corrected chi connectivity index (χ1v) is 6.52. The summed E-state index contributed by atoms with van der Waals surface area (Å²) in [7, 11) is 0. The standard InChI is InChI=1S/C13H22N4O/c1-10(2)9-18-13-11(14)3-4-12(16-13)17-7-5-15-6-8-17/h3-4,10,15H,5-9,14H2,1-2H3. The third-order valence-corrected chi connectivity index (χ3v) is 2.87. The summed E-state index contributed by atoms with van der Waals surface area (Å²) >= 11 is 0. The molecule has 0 radical (unpaired) electrons. The highest BCUT2D eigenvalue weighted by Crippen LogP contribution is 2.23. The van der Waals surface area contributed by atoms with Crippen LogP contribution in [0.4, 0.5) is 11.5 Å². The number of anilines is 2. The molecular formula is C13H22N4O. The van der Waals surface area contributed by atoms with Gasteiger partial charge in [0.1, 0.15) is 5.82 Å². The summed E-state index contributed by atoms with van der Waals surface area (Å²) in [5, 5.41) is 3.33. The van der Waals surface area contributed by atoms with Crippen molar-refractivity contribution in [1.29, 1.82) is 0 Å². The molecule has 18 heavy (non-hydrogen) atoms. The topological polar surface area (TPSA) is 63.4 Å². The summed E-state index contributed by atoms with van der Waals surface area (Å²) < 4.78 is 5.65. The number of pyridine rings is 1. The van der Waals surface area contributed by atoms with E-state index in [0.29, 0.717) is 24.1 Å². The Bertz CT molecular complexity index is 389. The van der Waals surface area contributed by atoms with Crippen LogP contribution in [-0.4, -0.2) is 37.8 Å². The molecule has 0 spiro atoms. The van der Waals surface area contributed by atoms with Crippen LogP contribution in [0.1, 0.15) is 13.8 Å². The van der Waals surface area contributed by atoms with Crippen LogP contribution in [0.15, 0.2) is 12.1 Å². The van der Waals surface area contributed by atoms with Crippen LogP contribution in [0, 0.1) is 5.92 Å². The highest BCUT2D eigenvalue weighted by molar-refractivity contribution is 5.54. The fraction of sp³-hybridized carbons (Fsp3) is 0.615.